The van der Waals surface area contributed by atoms with Crippen LogP contribution in [0.4, 0.5) is 14.4 Å². The quantitative estimate of drug-likeness (QED) is 0.0228. The van der Waals surface area contributed by atoms with Crippen molar-refractivity contribution in [2.75, 3.05) is 39.6 Å². The fourth-order valence-corrected chi connectivity index (χ4v) is 13.1. The summed E-state index contributed by atoms with van der Waals surface area (Å²) in [6, 6.07) is 42.7. The lowest BCUT2D eigenvalue weighted by Crippen LogP contribution is -2.58. The Labute approximate surface area is 575 Å². The van der Waals surface area contributed by atoms with Gasteiger partial charge in [-0.1, -0.05) is 187 Å². The number of amides is 5. The van der Waals surface area contributed by atoms with E-state index < -0.39 is 109 Å². The number of benzene rings is 6. The lowest BCUT2D eigenvalue weighted by molar-refractivity contribution is -0.157. The molecule has 0 aromatic heterocycles. The molecular weight excluding hydrogens is 1270 g/mol. The van der Waals surface area contributed by atoms with E-state index in [-0.39, 0.29) is 74.8 Å². The molecule has 1 heterocycles. The average Bonchev–Trinajstić information content (AvgIpc) is 1.64. The number of carbonyl (C=O) groups is 9. The molecule has 1 unspecified atom stereocenters. The summed E-state index contributed by atoms with van der Waals surface area (Å²) in [6.07, 6.45) is -1.58. The highest BCUT2D eigenvalue weighted by molar-refractivity contribution is 5.92. The molecule has 5 amide bonds. The van der Waals surface area contributed by atoms with Crippen molar-refractivity contribution in [3.05, 3.63) is 179 Å². The SMILES string of the molecule is CC(C)C[C@H](NC(=O)OCC1c2ccccc2-c2ccccc21)C(=O)C[C@@H](CO)C(=O)O.CC(C)C[C@H](NC(=O)OCC1c2ccccc2-c2ccccc21)C(=O)N1[C@H](C(=O)O)COC1(C)C.CC(C)C[C@H](NC(=O)OCC1c2ccccc2-c2ccccc21)C(=O)NC(CO)C(=O)O. The Kier molecular flexibility index (Phi) is 25.7. The number of ketones is 1. The van der Waals surface area contributed by atoms with Crippen molar-refractivity contribution in [1.82, 2.24) is 26.2 Å². The second-order valence-corrected chi connectivity index (χ2v) is 26.7. The van der Waals surface area contributed by atoms with Crippen LogP contribution in [-0.4, -0.2) is 160 Å². The van der Waals surface area contributed by atoms with Gasteiger partial charge in [0.05, 0.1) is 31.8 Å². The van der Waals surface area contributed by atoms with Gasteiger partial charge >= 0.3 is 36.2 Å². The van der Waals surface area contributed by atoms with E-state index in [9.17, 15) is 53.4 Å². The van der Waals surface area contributed by atoms with Crippen molar-refractivity contribution in [3.63, 3.8) is 0 Å². The van der Waals surface area contributed by atoms with Crippen LogP contribution in [0.15, 0.2) is 146 Å². The van der Waals surface area contributed by atoms with Crippen molar-refractivity contribution in [2.45, 2.75) is 135 Å². The third kappa shape index (κ3) is 18.6. The third-order valence-corrected chi connectivity index (χ3v) is 17.9. The molecule has 526 valence electrons. The minimum absolute atomic E-state index is 0.0528. The van der Waals surface area contributed by atoms with E-state index in [1.807, 2.05) is 175 Å². The van der Waals surface area contributed by atoms with Gasteiger partial charge in [0.15, 0.2) is 11.8 Å². The maximum absolute atomic E-state index is 13.4. The van der Waals surface area contributed by atoms with Gasteiger partial charge in [-0.25, -0.2) is 24.0 Å². The molecule has 9 N–H and O–H groups in total. The maximum atomic E-state index is 13.4. The Morgan fingerprint density at radius 2 is 0.778 bits per heavy atom. The molecular formula is C76H89N5O18. The molecule has 0 saturated carbocycles. The molecule has 1 fully saturated rings. The number of alkyl carbamates (subject to hydrolysis) is 3. The molecule has 0 spiro atoms. The lowest BCUT2D eigenvalue weighted by Gasteiger charge is -2.35. The molecule has 3 aliphatic carbocycles. The first kappa shape index (κ1) is 74.8. The third-order valence-electron chi connectivity index (χ3n) is 17.9. The highest BCUT2D eigenvalue weighted by atomic mass is 16.6. The number of ether oxygens (including phenoxy) is 4. The summed E-state index contributed by atoms with van der Waals surface area (Å²) >= 11 is 0. The molecule has 23 nitrogen and oxygen atoms in total. The highest BCUT2D eigenvalue weighted by Gasteiger charge is 2.49. The van der Waals surface area contributed by atoms with Crippen LogP contribution in [0.1, 0.15) is 132 Å². The summed E-state index contributed by atoms with van der Waals surface area (Å²) in [5.74, 6) is -6.65. The number of aliphatic hydroxyl groups excluding tert-OH is 2. The number of hydrogen-bond acceptors (Lipinski definition) is 15. The van der Waals surface area contributed by atoms with Gasteiger partial charge in [-0.05, 0) is 118 Å². The number of fused-ring (bicyclic) bond motifs is 9. The zero-order valence-electron chi connectivity index (χ0n) is 56.8. The number of aliphatic hydroxyl groups is 2. The van der Waals surface area contributed by atoms with Crippen LogP contribution in [-0.2, 0) is 47.7 Å². The molecule has 4 aliphatic rings. The monoisotopic (exact) mass is 1360 g/mol. The first-order valence-electron chi connectivity index (χ1n) is 33.3. The van der Waals surface area contributed by atoms with Crippen LogP contribution in [0.2, 0.25) is 0 Å². The number of Topliss-reactive ketones (excluding diaryl/α,β-unsaturated/α-hetero) is 1. The summed E-state index contributed by atoms with van der Waals surface area (Å²) < 4.78 is 22.2. The number of nitrogens with one attached hydrogen (secondary N) is 4. The molecule has 0 radical (unpaired) electrons. The zero-order chi connectivity index (χ0) is 71.8. The summed E-state index contributed by atoms with van der Waals surface area (Å²) in [5.41, 5.74) is 12.1. The molecule has 0 bridgehead atoms. The molecule has 99 heavy (non-hydrogen) atoms. The van der Waals surface area contributed by atoms with Gasteiger partial charge in [-0.15, -0.1) is 0 Å². The van der Waals surface area contributed by atoms with E-state index in [4.69, 9.17) is 34.3 Å². The Hall–Kier alpha value is -9.97. The predicted molar refractivity (Wildman–Crippen MR) is 367 cm³/mol. The van der Waals surface area contributed by atoms with E-state index in [1.165, 1.54) is 4.90 Å². The minimum Gasteiger partial charge on any atom is -0.481 e. The standard InChI is InChI=1S/C27H32N2O6.C25H29NO6.C24H28N2O6/c1-16(2)13-22(24(30)29-23(25(31)32)15-35-27(29,3)4)28-26(33)34-14-21-19-11-7-5-9-17(19)18-10-6-8-12-20(18)21;1-15(2)11-22(23(28)12-16(13-27)24(29)30)26-25(31)32-14-21-19-9-5-3-7-17(19)18-8-4-6-10-20(18)21;1-14(2)11-20(22(28)25-21(12-27)23(29)30)26-24(31)32-13-19-17-9-5-3-7-15(17)16-8-4-6-10-18(16)19/h5-12,16,21-23H,13-15H2,1-4H3,(H,28,33)(H,31,32);3-10,15-16,21-22,27H,11-14H2,1-2H3,(H,26,31)(H,29,30);3-10,14,19-21,27H,11-13H2,1-2H3,(H,25,28)(H,26,31)(H,29,30)/t22-,23-;16-,22-;20-,21?/m000/s1. The predicted octanol–water partition coefficient (Wildman–Crippen LogP) is 10.1. The second-order valence-electron chi connectivity index (χ2n) is 26.7. The summed E-state index contributed by atoms with van der Waals surface area (Å²) in [7, 11) is 0. The van der Waals surface area contributed by atoms with Crippen LogP contribution in [0, 0.1) is 23.7 Å². The van der Waals surface area contributed by atoms with Gasteiger partial charge in [0, 0.05) is 24.2 Å². The fourth-order valence-electron chi connectivity index (χ4n) is 13.1. The Morgan fingerprint density at radius 3 is 1.09 bits per heavy atom. The van der Waals surface area contributed by atoms with Crippen LogP contribution in [0.25, 0.3) is 33.4 Å². The van der Waals surface area contributed by atoms with E-state index >= 15 is 0 Å². The largest absolute Gasteiger partial charge is 0.481 e. The van der Waals surface area contributed by atoms with Crippen molar-refractivity contribution in [2.24, 2.45) is 23.7 Å². The molecule has 6 aromatic rings. The zero-order valence-corrected chi connectivity index (χ0v) is 56.8. The normalized spacial score (nSPS) is 16.1. The number of aliphatic carboxylic acids is 3. The molecule has 1 saturated heterocycles. The maximum Gasteiger partial charge on any atom is 0.407 e. The van der Waals surface area contributed by atoms with Gasteiger partial charge in [0.2, 0.25) is 11.8 Å². The van der Waals surface area contributed by atoms with Crippen LogP contribution >= 0.6 is 0 Å². The Bertz CT molecular complexity index is 3590. The highest BCUT2D eigenvalue weighted by Crippen LogP contribution is 2.47. The molecule has 6 aromatic carbocycles. The van der Waals surface area contributed by atoms with Gasteiger partial charge in [-0.3, -0.25) is 24.1 Å². The Balaban J connectivity index is 0.000000189. The molecule has 23 heteroatoms. The first-order chi connectivity index (χ1) is 47.2. The topological polar surface area (TPSA) is 343 Å². The van der Waals surface area contributed by atoms with Crippen LogP contribution < -0.4 is 21.3 Å². The van der Waals surface area contributed by atoms with Crippen molar-refractivity contribution >= 4 is 53.8 Å². The molecule has 6 atom stereocenters. The summed E-state index contributed by atoms with van der Waals surface area (Å²) in [4.78, 5) is 112. The number of hydrogen-bond donors (Lipinski definition) is 9. The first-order valence-corrected chi connectivity index (χ1v) is 33.3. The number of carboxylic acids is 3. The smallest absolute Gasteiger partial charge is 0.407 e. The van der Waals surface area contributed by atoms with Crippen LogP contribution in [0.5, 0.6) is 0 Å². The van der Waals surface area contributed by atoms with Gasteiger partial charge in [0.1, 0.15) is 43.7 Å². The van der Waals surface area contributed by atoms with Crippen molar-refractivity contribution in [1.29, 1.82) is 0 Å². The number of nitrogens with zero attached hydrogens (tertiary/aromatic N) is 1. The summed E-state index contributed by atoms with van der Waals surface area (Å²) in [5, 5.41) is 56.2. The van der Waals surface area contributed by atoms with E-state index in [0.29, 0.717) is 12.8 Å². The van der Waals surface area contributed by atoms with Gasteiger partial charge in [-0.2, -0.15) is 0 Å². The second kappa shape index (κ2) is 34.0. The van der Waals surface area contributed by atoms with Crippen LogP contribution in [0.3, 0.4) is 0 Å². The fraction of sp³-hybridized carbons (Fsp3) is 0.408. The summed E-state index contributed by atoms with van der Waals surface area (Å²) in [6.45, 7) is 13.6. The van der Waals surface area contributed by atoms with E-state index in [2.05, 4.69) is 33.4 Å². The lowest BCUT2D eigenvalue weighted by atomic mass is 9.94. The average molecular weight is 1360 g/mol. The van der Waals surface area contributed by atoms with Crippen molar-refractivity contribution in [3.8, 4) is 33.4 Å². The van der Waals surface area contributed by atoms with E-state index in [1.54, 1.807) is 13.8 Å². The Morgan fingerprint density at radius 1 is 0.455 bits per heavy atom. The molecule has 1 aliphatic heterocycles. The van der Waals surface area contributed by atoms with Gasteiger partial charge < -0.3 is 65.7 Å². The van der Waals surface area contributed by atoms with Gasteiger partial charge in [0.25, 0.3) is 0 Å². The minimum atomic E-state index is -1.44. The van der Waals surface area contributed by atoms with E-state index in [0.717, 1.165) is 66.8 Å². The molecule has 10 rings (SSSR count). The number of carboxylic acid groups (broad SMARTS) is 3. The number of rotatable bonds is 26. The number of carbonyl (C=O) groups excluding carboxylic acids is 6. The van der Waals surface area contributed by atoms with Crippen molar-refractivity contribution < 1.29 is 87.6 Å².